The van der Waals surface area contributed by atoms with Crippen LogP contribution in [0.25, 0.3) is 0 Å². The minimum Gasteiger partial charge on any atom is -0.508 e. The Bertz CT molecular complexity index is 694. The number of carbonyl (C=O) groups is 1. The summed E-state index contributed by atoms with van der Waals surface area (Å²) in [5.41, 5.74) is 0.921. The Morgan fingerprint density at radius 2 is 2.09 bits per heavy atom. The number of amidine groups is 1. The summed E-state index contributed by atoms with van der Waals surface area (Å²) >= 11 is 0. The van der Waals surface area contributed by atoms with E-state index in [2.05, 4.69) is 15.3 Å². The van der Waals surface area contributed by atoms with Gasteiger partial charge in [-0.05, 0) is 24.1 Å². The molecule has 1 aliphatic heterocycles. The SMILES string of the molecule is C/N=C1/NC(=O)N(CCCn2ccnc2)C1c1ccc(O)cc1. The number of imidazole rings is 1. The first-order valence-corrected chi connectivity index (χ1v) is 7.48. The average molecular weight is 313 g/mol. The van der Waals surface area contributed by atoms with Crippen LogP contribution >= 0.6 is 0 Å². The number of aliphatic imine (C=N–C) groups is 1. The molecular weight excluding hydrogens is 294 g/mol. The third-order valence-corrected chi connectivity index (χ3v) is 3.89. The molecule has 0 saturated carbocycles. The molecule has 0 bridgehead atoms. The molecule has 2 amide bonds. The number of aromatic hydroxyl groups is 1. The second-order valence-corrected chi connectivity index (χ2v) is 5.38. The van der Waals surface area contributed by atoms with E-state index >= 15 is 0 Å². The van der Waals surface area contributed by atoms with Crippen molar-refractivity contribution >= 4 is 11.9 Å². The molecule has 1 saturated heterocycles. The van der Waals surface area contributed by atoms with Crippen LogP contribution in [-0.4, -0.2) is 45.0 Å². The number of urea groups is 1. The fourth-order valence-corrected chi connectivity index (χ4v) is 2.76. The number of phenols is 1. The molecule has 7 nitrogen and oxygen atoms in total. The summed E-state index contributed by atoms with van der Waals surface area (Å²) < 4.78 is 1.98. The van der Waals surface area contributed by atoms with Gasteiger partial charge in [0, 0.05) is 32.5 Å². The third-order valence-electron chi connectivity index (χ3n) is 3.89. The van der Waals surface area contributed by atoms with Gasteiger partial charge in [0.05, 0.1) is 6.33 Å². The number of hydrogen-bond acceptors (Lipinski definition) is 4. The summed E-state index contributed by atoms with van der Waals surface area (Å²) in [4.78, 5) is 22.2. The van der Waals surface area contributed by atoms with Gasteiger partial charge in [0.1, 0.15) is 17.6 Å². The van der Waals surface area contributed by atoms with Gasteiger partial charge in [-0.2, -0.15) is 0 Å². The van der Waals surface area contributed by atoms with Gasteiger partial charge >= 0.3 is 6.03 Å². The highest BCUT2D eigenvalue weighted by atomic mass is 16.3. The molecular formula is C16H19N5O2. The van der Waals surface area contributed by atoms with Gasteiger partial charge in [-0.25, -0.2) is 9.78 Å². The van der Waals surface area contributed by atoms with Crippen molar-refractivity contribution in [2.75, 3.05) is 13.6 Å². The van der Waals surface area contributed by atoms with Crippen molar-refractivity contribution in [2.45, 2.75) is 19.0 Å². The monoisotopic (exact) mass is 313 g/mol. The lowest BCUT2D eigenvalue weighted by Gasteiger charge is -2.23. The number of hydrogen-bond donors (Lipinski definition) is 2. The normalized spacial score (nSPS) is 19.3. The zero-order chi connectivity index (χ0) is 16.2. The van der Waals surface area contributed by atoms with Crippen LogP contribution in [0.4, 0.5) is 4.79 Å². The first-order chi connectivity index (χ1) is 11.2. The van der Waals surface area contributed by atoms with Crippen LogP contribution in [0.2, 0.25) is 0 Å². The zero-order valence-corrected chi connectivity index (χ0v) is 12.9. The summed E-state index contributed by atoms with van der Waals surface area (Å²) in [7, 11) is 1.66. The van der Waals surface area contributed by atoms with Crippen LogP contribution in [-0.2, 0) is 6.54 Å². The van der Waals surface area contributed by atoms with Crippen molar-refractivity contribution in [3.05, 3.63) is 48.5 Å². The predicted octanol–water partition coefficient (Wildman–Crippen LogP) is 1.77. The predicted molar refractivity (Wildman–Crippen MR) is 86.3 cm³/mol. The van der Waals surface area contributed by atoms with Crippen molar-refractivity contribution < 1.29 is 9.90 Å². The van der Waals surface area contributed by atoms with Crippen molar-refractivity contribution in [2.24, 2.45) is 4.99 Å². The number of nitrogens with one attached hydrogen (secondary N) is 1. The van der Waals surface area contributed by atoms with Gasteiger partial charge < -0.3 is 14.6 Å². The Balaban J connectivity index is 1.75. The molecule has 1 aliphatic rings. The Hall–Kier alpha value is -2.83. The molecule has 2 heterocycles. The molecule has 1 aromatic heterocycles. The fraction of sp³-hybridized carbons (Fsp3) is 0.312. The van der Waals surface area contributed by atoms with Crippen molar-refractivity contribution in [1.29, 1.82) is 0 Å². The number of aromatic nitrogens is 2. The molecule has 0 radical (unpaired) electrons. The van der Waals surface area contributed by atoms with Crippen molar-refractivity contribution in [3.63, 3.8) is 0 Å². The van der Waals surface area contributed by atoms with E-state index in [9.17, 15) is 9.90 Å². The largest absolute Gasteiger partial charge is 0.508 e. The Morgan fingerprint density at radius 3 is 2.74 bits per heavy atom. The van der Waals surface area contributed by atoms with Crippen LogP contribution in [0.5, 0.6) is 5.75 Å². The molecule has 23 heavy (non-hydrogen) atoms. The maximum atomic E-state index is 12.3. The number of aryl methyl sites for hydroxylation is 1. The molecule has 2 aromatic rings. The van der Waals surface area contributed by atoms with Gasteiger partial charge in [-0.15, -0.1) is 0 Å². The molecule has 1 fully saturated rings. The Labute approximate surface area is 134 Å². The number of carbonyl (C=O) groups excluding carboxylic acids is 1. The second-order valence-electron chi connectivity index (χ2n) is 5.38. The molecule has 1 unspecified atom stereocenters. The van der Waals surface area contributed by atoms with E-state index in [0.717, 1.165) is 18.5 Å². The summed E-state index contributed by atoms with van der Waals surface area (Å²) in [5.74, 6) is 0.830. The summed E-state index contributed by atoms with van der Waals surface area (Å²) in [6.45, 7) is 1.40. The van der Waals surface area contributed by atoms with E-state index < -0.39 is 0 Å². The highest BCUT2D eigenvalue weighted by molar-refractivity contribution is 6.07. The summed E-state index contributed by atoms with van der Waals surface area (Å²) in [6, 6.07) is 6.48. The quantitative estimate of drug-likeness (QED) is 0.882. The van der Waals surface area contributed by atoms with Crippen LogP contribution in [0, 0.1) is 0 Å². The Morgan fingerprint density at radius 1 is 1.30 bits per heavy atom. The zero-order valence-electron chi connectivity index (χ0n) is 12.9. The van der Waals surface area contributed by atoms with Gasteiger partial charge in [0.15, 0.2) is 0 Å². The second kappa shape index (κ2) is 6.51. The minimum atomic E-state index is -0.240. The lowest BCUT2D eigenvalue weighted by atomic mass is 10.1. The number of benzene rings is 1. The van der Waals surface area contributed by atoms with E-state index in [4.69, 9.17) is 0 Å². The molecule has 120 valence electrons. The van der Waals surface area contributed by atoms with Crippen LogP contribution in [0.1, 0.15) is 18.0 Å². The molecule has 7 heteroatoms. The van der Waals surface area contributed by atoms with E-state index in [-0.39, 0.29) is 17.8 Å². The number of amides is 2. The van der Waals surface area contributed by atoms with Crippen LogP contribution in [0.15, 0.2) is 48.0 Å². The summed E-state index contributed by atoms with van der Waals surface area (Å²) in [5, 5.41) is 12.3. The molecule has 0 spiro atoms. The topological polar surface area (TPSA) is 82.8 Å². The van der Waals surface area contributed by atoms with Crippen LogP contribution in [0.3, 0.4) is 0 Å². The summed E-state index contributed by atoms with van der Waals surface area (Å²) in [6.07, 6.45) is 6.22. The lowest BCUT2D eigenvalue weighted by Crippen LogP contribution is -2.31. The molecule has 2 N–H and O–H groups in total. The van der Waals surface area contributed by atoms with E-state index in [1.165, 1.54) is 0 Å². The minimum absolute atomic E-state index is 0.144. The smallest absolute Gasteiger partial charge is 0.323 e. The molecule has 0 aliphatic carbocycles. The first-order valence-electron chi connectivity index (χ1n) is 7.48. The van der Waals surface area contributed by atoms with E-state index in [0.29, 0.717) is 12.4 Å². The lowest BCUT2D eigenvalue weighted by molar-refractivity contribution is 0.204. The molecule has 1 aromatic carbocycles. The fourth-order valence-electron chi connectivity index (χ4n) is 2.76. The van der Waals surface area contributed by atoms with Crippen molar-refractivity contribution in [3.8, 4) is 5.75 Å². The van der Waals surface area contributed by atoms with Gasteiger partial charge in [0.2, 0.25) is 0 Å². The number of phenolic OH excluding ortho intramolecular Hbond substituents is 1. The molecule has 1 atom stereocenters. The maximum absolute atomic E-state index is 12.3. The van der Waals surface area contributed by atoms with E-state index in [1.807, 2.05) is 22.9 Å². The number of nitrogens with zero attached hydrogens (tertiary/aromatic N) is 4. The third kappa shape index (κ3) is 3.18. The first kappa shape index (κ1) is 15.1. The number of rotatable bonds is 5. The molecule has 3 rings (SSSR count). The standard InChI is InChI=1S/C16H19N5O2/c1-17-15-14(12-3-5-13(22)6-4-12)21(16(23)19-15)9-2-8-20-10-7-18-11-20/h3-7,10-11,14,22H,2,8-9H2,1H3,(H,17,19,23). The Kier molecular flexibility index (Phi) is 4.27. The average Bonchev–Trinajstić information content (AvgIpc) is 3.17. The van der Waals surface area contributed by atoms with Crippen LogP contribution < -0.4 is 5.32 Å². The van der Waals surface area contributed by atoms with Crippen molar-refractivity contribution in [1.82, 2.24) is 19.8 Å². The maximum Gasteiger partial charge on any atom is 0.323 e. The van der Waals surface area contributed by atoms with Gasteiger partial charge in [0.25, 0.3) is 0 Å². The highest BCUT2D eigenvalue weighted by Gasteiger charge is 2.36. The highest BCUT2D eigenvalue weighted by Crippen LogP contribution is 2.28. The van der Waals surface area contributed by atoms with Gasteiger partial charge in [-0.3, -0.25) is 10.3 Å². The van der Waals surface area contributed by atoms with Gasteiger partial charge in [-0.1, -0.05) is 12.1 Å². The van der Waals surface area contributed by atoms with E-state index in [1.54, 1.807) is 36.6 Å².